The number of hydrogen-bond acceptors (Lipinski definition) is 4. The van der Waals surface area contributed by atoms with Crippen molar-refractivity contribution in [2.45, 2.75) is 24.9 Å². The Balaban J connectivity index is 1.86. The Kier molecular flexibility index (Phi) is 4.44. The molecular weight excluding hydrogens is 242 g/mol. The van der Waals surface area contributed by atoms with Gasteiger partial charge in [-0.25, -0.2) is 9.97 Å². The molecule has 1 N–H and O–H groups in total. The maximum Gasteiger partial charge on any atom is 0.188 e. The Morgan fingerprint density at radius 1 is 1.62 bits per heavy atom. The number of aromatic nitrogens is 2. The van der Waals surface area contributed by atoms with Crippen molar-refractivity contribution in [1.82, 2.24) is 15.3 Å². The summed E-state index contributed by atoms with van der Waals surface area (Å²) in [5.41, 5.74) is 0.936. The Hall–Kier alpha value is -0.320. The number of hydrogen-bond donors (Lipinski definition) is 1. The molecule has 0 aromatic carbocycles. The number of piperidine rings is 1. The molecule has 0 radical (unpaired) electrons. The highest BCUT2D eigenvalue weighted by molar-refractivity contribution is 7.99. The second kappa shape index (κ2) is 5.84. The van der Waals surface area contributed by atoms with Crippen LogP contribution in [0.4, 0.5) is 0 Å². The van der Waals surface area contributed by atoms with Gasteiger partial charge in [-0.3, -0.25) is 0 Å². The summed E-state index contributed by atoms with van der Waals surface area (Å²) in [6.07, 6.45) is 4.37. The van der Waals surface area contributed by atoms with Crippen molar-refractivity contribution in [1.29, 1.82) is 0 Å². The SMILES string of the molecule is Cc1cnc(SCC2CCCNC2)nc1Cl. The third kappa shape index (κ3) is 3.34. The minimum atomic E-state index is 0.569. The number of nitrogens with one attached hydrogen (secondary N) is 1. The van der Waals surface area contributed by atoms with E-state index >= 15 is 0 Å². The largest absolute Gasteiger partial charge is 0.316 e. The molecule has 1 fully saturated rings. The lowest BCUT2D eigenvalue weighted by Crippen LogP contribution is -2.30. The Labute approximate surface area is 105 Å². The lowest BCUT2D eigenvalue weighted by atomic mass is 10.0. The fraction of sp³-hybridized carbons (Fsp3) is 0.636. The molecule has 2 rings (SSSR count). The van der Waals surface area contributed by atoms with E-state index in [1.165, 1.54) is 12.8 Å². The van der Waals surface area contributed by atoms with Crippen LogP contribution < -0.4 is 5.32 Å². The van der Waals surface area contributed by atoms with Gasteiger partial charge >= 0.3 is 0 Å². The first-order chi connectivity index (χ1) is 7.75. The highest BCUT2D eigenvalue weighted by Crippen LogP contribution is 2.22. The van der Waals surface area contributed by atoms with Crippen LogP contribution in [0.15, 0.2) is 11.4 Å². The van der Waals surface area contributed by atoms with Gasteiger partial charge in [0.2, 0.25) is 0 Å². The second-order valence-electron chi connectivity index (χ2n) is 4.15. The number of aryl methyl sites for hydroxylation is 1. The van der Waals surface area contributed by atoms with Gasteiger partial charge in [0, 0.05) is 17.5 Å². The molecule has 0 spiro atoms. The molecule has 2 heterocycles. The second-order valence-corrected chi connectivity index (χ2v) is 5.49. The monoisotopic (exact) mass is 257 g/mol. The highest BCUT2D eigenvalue weighted by Gasteiger charge is 2.14. The van der Waals surface area contributed by atoms with E-state index in [1.54, 1.807) is 18.0 Å². The number of thioether (sulfide) groups is 1. The van der Waals surface area contributed by atoms with Gasteiger partial charge in [0.1, 0.15) is 5.15 Å². The topological polar surface area (TPSA) is 37.8 Å². The highest BCUT2D eigenvalue weighted by atomic mass is 35.5. The number of nitrogens with zero attached hydrogens (tertiary/aromatic N) is 2. The molecule has 0 aliphatic carbocycles. The van der Waals surface area contributed by atoms with Crippen LogP contribution in [0.2, 0.25) is 5.15 Å². The number of rotatable bonds is 3. The molecule has 1 atom stereocenters. The van der Waals surface area contributed by atoms with Crippen molar-refractivity contribution >= 4 is 23.4 Å². The van der Waals surface area contributed by atoms with Crippen molar-refractivity contribution in [2.24, 2.45) is 5.92 Å². The summed E-state index contributed by atoms with van der Waals surface area (Å²) in [5.74, 6) is 1.81. The first-order valence-corrected chi connectivity index (χ1v) is 6.94. The normalized spacial score (nSPS) is 21.0. The van der Waals surface area contributed by atoms with Crippen LogP contribution in [0.3, 0.4) is 0 Å². The van der Waals surface area contributed by atoms with E-state index in [1.807, 2.05) is 6.92 Å². The summed E-state index contributed by atoms with van der Waals surface area (Å²) < 4.78 is 0. The first kappa shape index (κ1) is 12.1. The molecule has 0 amide bonds. The minimum Gasteiger partial charge on any atom is -0.316 e. The minimum absolute atomic E-state index is 0.569. The fourth-order valence-electron chi connectivity index (χ4n) is 1.73. The average Bonchev–Trinajstić information content (AvgIpc) is 2.32. The Bertz CT molecular complexity index is 353. The van der Waals surface area contributed by atoms with Gasteiger partial charge < -0.3 is 5.32 Å². The average molecular weight is 258 g/mol. The summed E-state index contributed by atoms with van der Waals surface area (Å²) in [6.45, 7) is 4.20. The number of halogens is 1. The van der Waals surface area contributed by atoms with Crippen molar-refractivity contribution in [3.8, 4) is 0 Å². The van der Waals surface area contributed by atoms with Crippen molar-refractivity contribution in [3.05, 3.63) is 16.9 Å². The van der Waals surface area contributed by atoms with E-state index in [0.29, 0.717) is 5.15 Å². The van der Waals surface area contributed by atoms with Crippen molar-refractivity contribution in [3.63, 3.8) is 0 Å². The third-order valence-electron chi connectivity index (χ3n) is 2.73. The molecule has 0 bridgehead atoms. The molecular formula is C11H16ClN3S. The molecule has 16 heavy (non-hydrogen) atoms. The molecule has 88 valence electrons. The van der Waals surface area contributed by atoms with E-state index in [-0.39, 0.29) is 0 Å². The molecule has 1 saturated heterocycles. The van der Waals surface area contributed by atoms with E-state index in [4.69, 9.17) is 11.6 Å². The molecule has 1 aliphatic rings. The van der Waals surface area contributed by atoms with Gasteiger partial charge in [0.15, 0.2) is 5.16 Å². The van der Waals surface area contributed by atoms with Gasteiger partial charge in [0.25, 0.3) is 0 Å². The van der Waals surface area contributed by atoms with Crippen LogP contribution in [0.25, 0.3) is 0 Å². The maximum atomic E-state index is 5.96. The third-order valence-corrected chi connectivity index (χ3v) is 4.21. The summed E-state index contributed by atoms with van der Waals surface area (Å²) >= 11 is 7.66. The van der Waals surface area contributed by atoms with Crippen molar-refractivity contribution in [2.75, 3.05) is 18.8 Å². The zero-order chi connectivity index (χ0) is 11.4. The lowest BCUT2D eigenvalue weighted by molar-refractivity contribution is 0.410. The Morgan fingerprint density at radius 3 is 3.19 bits per heavy atom. The summed E-state index contributed by atoms with van der Waals surface area (Å²) in [7, 11) is 0. The molecule has 3 nitrogen and oxygen atoms in total. The molecule has 5 heteroatoms. The van der Waals surface area contributed by atoms with E-state index in [2.05, 4.69) is 15.3 Å². The van der Waals surface area contributed by atoms with Gasteiger partial charge in [-0.1, -0.05) is 23.4 Å². The fourth-order valence-corrected chi connectivity index (χ4v) is 2.87. The molecule has 1 aliphatic heterocycles. The predicted molar refractivity (Wildman–Crippen MR) is 68.1 cm³/mol. The first-order valence-electron chi connectivity index (χ1n) is 5.58. The van der Waals surface area contributed by atoms with E-state index in [9.17, 15) is 0 Å². The zero-order valence-electron chi connectivity index (χ0n) is 9.37. The lowest BCUT2D eigenvalue weighted by Gasteiger charge is -2.21. The van der Waals surface area contributed by atoms with Crippen LogP contribution >= 0.6 is 23.4 Å². The van der Waals surface area contributed by atoms with Crippen LogP contribution in [-0.2, 0) is 0 Å². The van der Waals surface area contributed by atoms with Gasteiger partial charge in [-0.15, -0.1) is 0 Å². The van der Waals surface area contributed by atoms with Gasteiger partial charge in [0.05, 0.1) is 0 Å². The molecule has 0 saturated carbocycles. The van der Waals surface area contributed by atoms with Crippen LogP contribution in [0, 0.1) is 12.8 Å². The maximum absolute atomic E-state index is 5.96. The van der Waals surface area contributed by atoms with Crippen molar-refractivity contribution < 1.29 is 0 Å². The summed E-state index contributed by atoms with van der Waals surface area (Å²) in [5, 5.41) is 4.77. The van der Waals surface area contributed by atoms with E-state index in [0.717, 1.165) is 35.5 Å². The smallest absolute Gasteiger partial charge is 0.188 e. The molecule has 1 unspecified atom stereocenters. The predicted octanol–water partition coefficient (Wildman–Crippen LogP) is 2.53. The quantitative estimate of drug-likeness (QED) is 0.513. The zero-order valence-corrected chi connectivity index (χ0v) is 10.9. The Morgan fingerprint density at radius 2 is 2.50 bits per heavy atom. The summed E-state index contributed by atoms with van der Waals surface area (Å²) in [4.78, 5) is 8.52. The summed E-state index contributed by atoms with van der Waals surface area (Å²) in [6, 6.07) is 0. The van der Waals surface area contributed by atoms with Crippen LogP contribution in [-0.4, -0.2) is 28.8 Å². The van der Waals surface area contributed by atoms with Crippen LogP contribution in [0.1, 0.15) is 18.4 Å². The standard InChI is InChI=1S/C11H16ClN3S/c1-8-5-14-11(15-10(8)12)16-7-9-3-2-4-13-6-9/h5,9,13H,2-4,6-7H2,1H3. The van der Waals surface area contributed by atoms with Gasteiger partial charge in [-0.2, -0.15) is 0 Å². The van der Waals surface area contributed by atoms with Gasteiger partial charge in [-0.05, 0) is 38.8 Å². The molecule has 1 aromatic rings. The molecule has 1 aromatic heterocycles. The van der Waals surface area contributed by atoms with E-state index < -0.39 is 0 Å². The van der Waals surface area contributed by atoms with Crippen LogP contribution in [0.5, 0.6) is 0 Å².